The fourth-order valence-corrected chi connectivity index (χ4v) is 2.69. The van der Waals surface area contributed by atoms with Crippen LogP contribution in [0.1, 0.15) is 31.5 Å². The van der Waals surface area contributed by atoms with Crippen molar-refractivity contribution in [1.82, 2.24) is 25.0 Å². The summed E-state index contributed by atoms with van der Waals surface area (Å²) in [6, 6.07) is 0.680. The van der Waals surface area contributed by atoms with Crippen molar-refractivity contribution in [2.24, 2.45) is 13.0 Å². The molecule has 2 aliphatic rings. The number of likely N-dealkylation sites (tertiary alicyclic amines) is 1. The molecule has 0 atom stereocenters. The smallest absolute Gasteiger partial charge is 0.314 e. The molecule has 106 valence electrons. The first kappa shape index (κ1) is 12.9. The molecule has 1 aliphatic carbocycles. The van der Waals surface area contributed by atoms with Crippen LogP contribution in [-0.2, 0) is 13.6 Å². The lowest BCUT2D eigenvalue weighted by atomic mass is 10.0. The highest BCUT2D eigenvalue weighted by Crippen LogP contribution is 2.28. The second-order valence-electron chi connectivity index (χ2n) is 5.90. The average Bonchev–Trinajstić information content (AvgIpc) is 3.16. The van der Waals surface area contributed by atoms with Crippen LogP contribution < -0.4 is 11.0 Å². The summed E-state index contributed by atoms with van der Waals surface area (Å²) in [5, 5.41) is 7.86. The minimum absolute atomic E-state index is 0.129. The third-order valence-electron chi connectivity index (χ3n) is 4.17. The van der Waals surface area contributed by atoms with Gasteiger partial charge in [0.25, 0.3) is 0 Å². The Kier molecular flexibility index (Phi) is 3.70. The van der Waals surface area contributed by atoms with Gasteiger partial charge in [0, 0.05) is 26.2 Å². The number of aryl methyl sites for hydroxylation is 1. The van der Waals surface area contributed by atoms with E-state index in [4.69, 9.17) is 0 Å². The third kappa shape index (κ3) is 3.45. The van der Waals surface area contributed by atoms with Gasteiger partial charge < -0.3 is 5.32 Å². The quantitative estimate of drug-likeness (QED) is 0.791. The van der Waals surface area contributed by atoms with Gasteiger partial charge in [0.15, 0.2) is 0 Å². The Balaban J connectivity index is 1.43. The van der Waals surface area contributed by atoms with E-state index < -0.39 is 0 Å². The van der Waals surface area contributed by atoms with E-state index in [1.54, 1.807) is 7.05 Å². The van der Waals surface area contributed by atoms with Crippen molar-refractivity contribution >= 4 is 0 Å². The summed E-state index contributed by atoms with van der Waals surface area (Å²) in [4.78, 5) is 16.5. The van der Waals surface area contributed by atoms with Gasteiger partial charge in [-0.25, -0.2) is 9.48 Å². The van der Waals surface area contributed by atoms with E-state index in [2.05, 4.69) is 20.3 Å². The Morgan fingerprint density at radius 1 is 1.32 bits per heavy atom. The number of hydrogen-bond acceptors (Lipinski definition) is 4. The average molecular weight is 265 g/mol. The molecule has 1 aliphatic heterocycles. The molecule has 0 amide bonds. The molecular weight excluding hydrogens is 242 g/mol. The fraction of sp³-hybridized carbons (Fsp3) is 0.846. The summed E-state index contributed by atoms with van der Waals surface area (Å²) in [7, 11) is 1.68. The third-order valence-corrected chi connectivity index (χ3v) is 4.17. The van der Waals surface area contributed by atoms with Crippen LogP contribution in [-0.4, -0.2) is 45.3 Å². The molecule has 2 N–H and O–H groups in total. The largest absolute Gasteiger partial charge is 0.343 e. The molecule has 19 heavy (non-hydrogen) atoms. The van der Waals surface area contributed by atoms with Gasteiger partial charge >= 0.3 is 5.69 Å². The van der Waals surface area contributed by atoms with Crippen molar-refractivity contribution in [2.75, 3.05) is 19.6 Å². The molecule has 0 radical (unpaired) electrons. The summed E-state index contributed by atoms with van der Waals surface area (Å²) in [5.74, 6) is 1.73. The van der Waals surface area contributed by atoms with E-state index in [-0.39, 0.29) is 5.69 Å². The van der Waals surface area contributed by atoms with Crippen molar-refractivity contribution in [2.45, 2.75) is 38.3 Å². The van der Waals surface area contributed by atoms with Gasteiger partial charge in [-0.2, -0.15) is 5.10 Å². The maximum absolute atomic E-state index is 11.3. The molecule has 0 bridgehead atoms. The molecular formula is C13H23N5O. The van der Waals surface area contributed by atoms with E-state index in [1.165, 1.54) is 36.9 Å². The van der Waals surface area contributed by atoms with E-state index >= 15 is 0 Å². The number of nitrogens with one attached hydrogen (secondary N) is 2. The van der Waals surface area contributed by atoms with Gasteiger partial charge in [-0.15, -0.1) is 0 Å². The zero-order valence-corrected chi connectivity index (χ0v) is 11.6. The molecule has 1 aromatic heterocycles. The Morgan fingerprint density at radius 2 is 2.05 bits per heavy atom. The number of rotatable bonds is 5. The Labute approximate surface area is 113 Å². The van der Waals surface area contributed by atoms with Crippen LogP contribution in [0.2, 0.25) is 0 Å². The predicted octanol–water partition coefficient (Wildman–Crippen LogP) is 0.0724. The Hall–Kier alpha value is -1.14. The van der Waals surface area contributed by atoms with Crippen LogP contribution >= 0.6 is 0 Å². The second kappa shape index (κ2) is 5.46. The Morgan fingerprint density at radius 3 is 2.63 bits per heavy atom. The highest BCUT2D eigenvalue weighted by molar-refractivity contribution is 4.86. The number of aromatic nitrogens is 3. The lowest BCUT2D eigenvalue weighted by Gasteiger charge is -2.31. The zero-order valence-electron chi connectivity index (χ0n) is 11.6. The summed E-state index contributed by atoms with van der Waals surface area (Å²) in [6.45, 7) is 4.13. The molecule has 0 unspecified atom stereocenters. The highest BCUT2D eigenvalue weighted by atomic mass is 16.1. The fourth-order valence-electron chi connectivity index (χ4n) is 2.69. The number of hydrogen-bond donors (Lipinski definition) is 2. The maximum Gasteiger partial charge on any atom is 0.343 e. The van der Waals surface area contributed by atoms with Crippen LogP contribution in [0.25, 0.3) is 0 Å². The maximum atomic E-state index is 11.3. The first-order chi connectivity index (χ1) is 9.20. The predicted molar refractivity (Wildman–Crippen MR) is 72.9 cm³/mol. The van der Waals surface area contributed by atoms with Gasteiger partial charge in [-0.3, -0.25) is 9.88 Å². The van der Waals surface area contributed by atoms with Gasteiger partial charge in [0.05, 0.1) is 6.54 Å². The second-order valence-corrected chi connectivity index (χ2v) is 5.90. The lowest BCUT2D eigenvalue weighted by Crippen LogP contribution is -2.42. The van der Waals surface area contributed by atoms with Crippen molar-refractivity contribution in [3.63, 3.8) is 0 Å². The molecule has 6 nitrogen and oxygen atoms in total. The van der Waals surface area contributed by atoms with E-state index in [0.717, 1.165) is 31.4 Å². The van der Waals surface area contributed by atoms with Crippen molar-refractivity contribution in [3.8, 4) is 0 Å². The van der Waals surface area contributed by atoms with Crippen molar-refractivity contribution in [3.05, 3.63) is 16.3 Å². The van der Waals surface area contributed by atoms with Gasteiger partial charge in [-0.1, -0.05) is 0 Å². The van der Waals surface area contributed by atoms with Crippen molar-refractivity contribution in [1.29, 1.82) is 0 Å². The topological polar surface area (TPSA) is 66.0 Å². The molecule has 1 saturated heterocycles. The van der Waals surface area contributed by atoms with Crippen LogP contribution in [0, 0.1) is 5.92 Å². The summed E-state index contributed by atoms with van der Waals surface area (Å²) >= 11 is 0. The Bertz CT molecular complexity index is 468. The van der Waals surface area contributed by atoms with Crippen LogP contribution in [0.3, 0.4) is 0 Å². The first-order valence-corrected chi connectivity index (χ1v) is 7.28. The number of piperidine rings is 1. The monoisotopic (exact) mass is 265 g/mol. The minimum atomic E-state index is -0.129. The lowest BCUT2D eigenvalue weighted by molar-refractivity contribution is 0.186. The zero-order chi connectivity index (χ0) is 13.2. The summed E-state index contributed by atoms with van der Waals surface area (Å²) < 4.78 is 1.36. The van der Waals surface area contributed by atoms with Gasteiger partial charge in [0.1, 0.15) is 5.82 Å². The van der Waals surface area contributed by atoms with Crippen molar-refractivity contribution < 1.29 is 0 Å². The molecule has 0 spiro atoms. The molecule has 1 aromatic rings. The van der Waals surface area contributed by atoms with E-state index in [9.17, 15) is 4.79 Å². The summed E-state index contributed by atoms with van der Waals surface area (Å²) in [5.41, 5.74) is -0.129. The number of nitrogens with zero attached hydrogens (tertiary/aromatic N) is 3. The van der Waals surface area contributed by atoms with E-state index in [0.29, 0.717) is 6.04 Å². The van der Waals surface area contributed by atoms with Crippen LogP contribution in [0.15, 0.2) is 4.79 Å². The molecule has 2 heterocycles. The number of aromatic amines is 1. The molecule has 0 aromatic carbocycles. The van der Waals surface area contributed by atoms with Gasteiger partial charge in [-0.05, 0) is 38.1 Å². The first-order valence-electron chi connectivity index (χ1n) is 7.28. The summed E-state index contributed by atoms with van der Waals surface area (Å²) in [6.07, 6.45) is 5.23. The SMILES string of the molecule is Cn1nc(CN2CCC(NCC3CC3)CC2)[nH]c1=O. The number of H-pyrrole nitrogens is 1. The normalized spacial score (nSPS) is 21.9. The van der Waals surface area contributed by atoms with Crippen LogP contribution in [0.4, 0.5) is 0 Å². The van der Waals surface area contributed by atoms with Gasteiger partial charge in [0.2, 0.25) is 0 Å². The van der Waals surface area contributed by atoms with Crippen LogP contribution in [0.5, 0.6) is 0 Å². The molecule has 2 fully saturated rings. The van der Waals surface area contributed by atoms with E-state index in [1.807, 2.05) is 0 Å². The molecule has 6 heteroatoms. The molecule has 1 saturated carbocycles. The standard InChI is InChI=1S/C13H23N5O/c1-17-13(19)15-12(16-17)9-18-6-4-11(5-7-18)14-8-10-2-3-10/h10-11,14H,2-9H2,1H3,(H,15,16,19). The minimum Gasteiger partial charge on any atom is -0.314 e. The molecule has 3 rings (SSSR count). The highest BCUT2D eigenvalue weighted by Gasteiger charge is 2.24.